The van der Waals surface area contributed by atoms with Crippen LogP contribution in [0.3, 0.4) is 0 Å². The topological polar surface area (TPSA) is 85.8 Å². The fourth-order valence-corrected chi connectivity index (χ4v) is 2.67. The van der Waals surface area contributed by atoms with Crippen molar-refractivity contribution in [2.24, 2.45) is 11.7 Å². The number of nitrogens with one attached hydrogen (secondary N) is 1. The molecule has 3 rings (SSSR count). The van der Waals surface area contributed by atoms with Gasteiger partial charge in [0.2, 0.25) is 5.91 Å². The first-order valence-electron chi connectivity index (χ1n) is 7.19. The smallest absolute Gasteiger partial charge is 0.228 e. The zero-order chi connectivity index (χ0) is 14.7. The van der Waals surface area contributed by atoms with Crippen LogP contribution in [0, 0.1) is 5.92 Å². The van der Waals surface area contributed by atoms with Crippen molar-refractivity contribution in [3.05, 3.63) is 42.4 Å². The van der Waals surface area contributed by atoms with E-state index >= 15 is 0 Å². The minimum Gasteiger partial charge on any atom is -0.328 e. The minimum absolute atomic E-state index is 0. The summed E-state index contributed by atoms with van der Waals surface area (Å²) in [6.07, 6.45) is 7.93. The number of carbonyl (C=O) groups is 1. The first-order valence-corrected chi connectivity index (χ1v) is 7.19. The molecule has 6 nitrogen and oxygen atoms in total. The molecule has 1 fully saturated rings. The summed E-state index contributed by atoms with van der Waals surface area (Å²) in [5, 5.41) is 7.24. The van der Waals surface area contributed by atoms with Gasteiger partial charge in [0, 0.05) is 36.6 Å². The lowest BCUT2D eigenvalue weighted by Crippen LogP contribution is -2.23. The zero-order valence-corrected chi connectivity index (χ0v) is 14.2. The van der Waals surface area contributed by atoms with E-state index in [1.54, 1.807) is 17.1 Å². The third kappa shape index (κ3) is 5.20. The van der Waals surface area contributed by atoms with Crippen LogP contribution in [-0.4, -0.2) is 26.7 Å². The zero-order valence-electron chi connectivity index (χ0n) is 12.6. The summed E-state index contributed by atoms with van der Waals surface area (Å²) in [5.74, 6) is 0.636. The second kappa shape index (κ2) is 8.86. The number of carbonyl (C=O) groups excluding carboxylic acids is 1. The molecular weight excluding hydrogens is 337 g/mol. The van der Waals surface area contributed by atoms with Gasteiger partial charge in [-0.1, -0.05) is 0 Å². The van der Waals surface area contributed by atoms with Gasteiger partial charge in [-0.25, -0.2) is 0 Å². The van der Waals surface area contributed by atoms with E-state index in [4.69, 9.17) is 5.73 Å². The number of amides is 1. The van der Waals surface area contributed by atoms with Gasteiger partial charge < -0.3 is 11.1 Å². The predicted octanol–water partition coefficient (Wildman–Crippen LogP) is 2.24. The molecule has 2 heterocycles. The van der Waals surface area contributed by atoms with E-state index in [0.29, 0.717) is 12.4 Å². The number of aromatic nitrogens is 3. The summed E-state index contributed by atoms with van der Waals surface area (Å²) < 4.78 is 1.80. The monoisotopic (exact) mass is 357 g/mol. The number of rotatable bonds is 4. The fraction of sp³-hybridized carbons (Fsp3) is 0.400. The van der Waals surface area contributed by atoms with Gasteiger partial charge >= 0.3 is 0 Å². The van der Waals surface area contributed by atoms with E-state index in [2.05, 4.69) is 15.4 Å². The lowest BCUT2D eigenvalue weighted by atomic mass is 10.1. The minimum atomic E-state index is 0. The molecule has 2 aromatic rings. The van der Waals surface area contributed by atoms with Crippen molar-refractivity contribution in [3.63, 3.8) is 0 Å². The average Bonchev–Trinajstić information content (AvgIpc) is 3.09. The molecule has 8 heteroatoms. The molecule has 1 saturated carbocycles. The molecule has 3 N–H and O–H groups in total. The number of halogens is 2. The molecule has 1 amide bonds. The van der Waals surface area contributed by atoms with Gasteiger partial charge in [-0.3, -0.25) is 14.5 Å². The molecule has 23 heavy (non-hydrogen) atoms. The Morgan fingerprint density at radius 1 is 1.26 bits per heavy atom. The third-order valence-electron chi connectivity index (χ3n) is 3.83. The van der Waals surface area contributed by atoms with Crippen LogP contribution in [0.4, 0.5) is 5.82 Å². The number of anilines is 1. The van der Waals surface area contributed by atoms with Gasteiger partial charge in [0.25, 0.3) is 0 Å². The highest BCUT2D eigenvalue weighted by atomic mass is 35.5. The molecule has 0 aliphatic heterocycles. The Hall–Kier alpha value is -1.63. The Bertz CT molecular complexity index is 619. The highest BCUT2D eigenvalue weighted by Crippen LogP contribution is 2.25. The largest absolute Gasteiger partial charge is 0.328 e. The van der Waals surface area contributed by atoms with E-state index < -0.39 is 0 Å². The quantitative estimate of drug-likeness (QED) is 0.878. The van der Waals surface area contributed by atoms with Crippen LogP contribution in [0.25, 0.3) is 0 Å². The van der Waals surface area contributed by atoms with E-state index in [9.17, 15) is 4.79 Å². The van der Waals surface area contributed by atoms with Crippen LogP contribution < -0.4 is 11.1 Å². The Morgan fingerprint density at radius 3 is 2.65 bits per heavy atom. The number of nitrogens with two attached hydrogens (primary N) is 1. The molecule has 0 aromatic carbocycles. The summed E-state index contributed by atoms with van der Waals surface area (Å²) in [5.41, 5.74) is 6.96. The normalized spacial score (nSPS) is 19.5. The fourth-order valence-electron chi connectivity index (χ4n) is 2.67. The second-order valence-electron chi connectivity index (χ2n) is 5.51. The Morgan fingerprint density at radius 2 is 2.00 bits per heavy atom. The van der Waals surface area contributed by atoms with Crippen LogP contribution in [-0.2, 0) is 11.3 Å². The maximum atomic E-state index is 12.1. The van der Waals surface area contributed by atoms with Gasteiger partial charge in [0.05, 0.1) is 6.54 Å². The predicted molar refractivity (Wildman–Crippen MR) is 94.0 cm³/mol. The summed E-state index contributed by atoms with van der Waals surface area (Å²) >= 11 is 0. The molecule has 0 spiro atoms. The van der Waals surface area contributed by atoms with Gasteiger partial charge in [-0.05, 0) is 37.0 Å². The standard InChI is InChI=1S/C15H19N5O.2ClH/c16-13-2-1-12(9-13)15(21)18-14-5-8-20(19-14)10-11-3-6-17-7-4-11;;/h3-8,12-13H,1-2,9-10,16H2,(H,18,19,21);2*1H. The van der Waals surface area contributed by atoms with Crippen molar-refractivity contribution >= 4 is 36.5 Å². The molecule has 0 radical (unpaired) electrons. The van der Waals surface area contributed by atoms with Crippen LogP contribution in [0.1, 0.15) is 24.8 Å². The van der Waals surface area contributed by atoms with E-state index in [0.717, 1.165) is 24.8 Å². The molecule has 126 valence electrons. The highest BCUT2D eigenvalue weighted by molar-refractivity contribution is 5.91. The van der Waals surface area contributed by atoms with E-state index in [1.165, 1.54) is 0 Å². The summed E-state index contributed by atoms with van der Waals surface area (Å²) in [6, 6.07) is 5.86. The van der Waals surface area contributed by atoms with E-state index in [-0.39, 0.29) is 42.7 Å². The van der Waals surface area contributed by atoms with Crippen LogP contribution in [0.5, 0.6) is 0 Å². The van der Waals surface area contributed by atoms with Crippen molar-refractivity contribution in [3.8, 4) is 0 Å². The Kier molecular flexibility index (Phi) is 7.48. The lowest BCUT2D eigenvalue weighted by Gasteiger charge is -2.08. The number of nitrogens with zero attached hydrogens (tertiary/aromatic N) is 3. The number of hydrogen-bond donors (Lipinski definition) is 2. The molecule has 0 saturated heterocycles. The molecule has 0 bridgehead atoms. The Balaban J connectivity index is 0.00000132. The van der Waals surface area contributed by atoms with Gasteiger partial charge in [0.15, 0.2) is 5.82 Å². The second-order valence-corrected chi connectivity index (χ2v) is 5.51. The Labute approximate surface area is 147 Å². The maximum absolute atomic E-state index is 12.1. The van der Waals surface area contributed by atoms with Gasteiger partial charge in [0.1, 0.15) is 0 Å². The maximum Gasteiger partial charge on any atom is 0.228 e. The van der Waals surface area contributed by atoms with Gasteiger partial charge in [-0.2, -0.15) is 5.10 Å². The van der Waals surface area contributed by atoms with Crippen molar-refractivity contribution in [1.82, 2.24) is 14.8 Å². The average molecular weight is 358 g/mol. The summed E-state index contributed by atoms with van der Waals surface area (Å²) in [4.78, 5) is 16.1. The summed E-state index contributed by atoms with van der Waals surface area (Å²) in [7, 11) is 0. The molecular formula is C15H21Cl2N5O. The van der Waals surface area contributed by atoms with Gasteiger partial charge in [-0.15, -0.1) is 24.8 Å². The molecule has 2 aromatic heterocycles. The number of hydrogen-bond acceptors (Lipinski definition) is 4. The molecule has 2 unspecified atom stereocenters. The van der Waals surface area contributed by atoms with Crippen LogP contribution in [0.2, 0.25) is 0 Å². The van der Waals surface area contributed by atoms with Crippen molar-refractivity contribution in [2.45, 2.75) is 31.8 Å². The molecule has 1 aliphatic rings. The van der Waals surface area contributed by atoms with Crippen molar-refractivity contribution < 1.29 is 4.79 Å². The highest BCUT2D eigenvalue weighted by Gasteiger charge is 2.27. The summed E-state index contributed by atoms with van der Waals surface area (Å²) in [6.45, 7) is 0.659. The van der Waals surface area contributed by atoms with Crippen LogP contribution >= 0.6 is 24.8 Å². The first kappa shape index (κ1) is 19.4. The van der Waals surface area contributed by atoms with Crippen molar-refractivity contribution in [1.29, 1.82) is 0 Å². The number of pyridine rings is 1. The molecule has 1 aliphatic carbocycles. The van der Waals surface area contributed by atoms with Crippen molar-refractivity contribution in [2.75, 3.05) is 5.32 Å². The SMILES string of the molecule is Cl.Cl.NC1CCC(C(=O)Nc2ccn(Cc3ccncc3)n2)C1. The van der Waals surface area contributed by atoms with Crippen LogP contribution in [0.15, 0.2) is 36.8 Å². The first-order chi connectivity index (χ1) is 10.2. The third-order valence-corrected chi connectivity index (χ3v) is 3.83. The molecule has 2 atom stereocenters. The lowest BCUT2D eigenvalue weighted by molar-refractivity contribution is -0.119. The van der Waals surface area contributed by atoms with E-state index in [1.807, 2.05) is 24.4 Å².